The number of thiophene rings is 1. The molecule has 4 aromatic carbocycles. The third-order valence-electron chi connectivity index (χ3n) is 11.1. The average Bonchev–Trinajstić information content (AvgIpc) is 3.64. The molecule has 0 saturated heterocycles. The van der Waals surface area contributed by atoms with Gasteiger partial charge in [-0.25, -0.2) is 0 Å². The zero-order valence-electron chi connectivity index (χ0n) is 33.7. The second kappa shape index (κ2) is 21.1. The van der Waals surface area contributed by atoms with Crippen molar-refractivity contribution in [1.29, 1.82) is 0 Å². The van der Waals surface area contributed by atoms with Crippen molar-refractivity contribution in [3.63, 3.8) is 0 Å². The van der Waals surface area contributed by atoms with Crippen molar-refractivity contribution in [3.8, 4) is 10.4 Å². The second-order valence-electron chi connectivity index (χ2n) is 15.4. The number of nitrogens with zero attached hydrogens (tertiary/aromatic N) is 1. The summed E-state index contributed by atoms with van der Waals surface area (Å²) in [6.45, 7) is 9.55. The fourth-order valence-corrected chi connectivity index (χ4v) is 29.5. The molecule has 0 amide bonds. The summed E-state index contributed by atoms with van der Waals surface area (Å²) in [5.74, 6) is 0. The summed E-state index contributed by atoms with van der Waals surface area (Å²) in [5.41, 5.74) is 11.8. The summed E-state index contributed by atoms with van der Waals surface area (Å²) in [5, 5.41) is 0. The van der Waals surface area contributed by atoms with E-state index < -0.39 is 18.4 Å². The Hall–Kier alpha value is -3.08. The van der Waals surface area contributed by atoms with Gasteiger partial charge in [-0.05, 0) is 0 Å². The molecule has 5 aromatic rings. The first kappa shape index (κ1) is 41.1. The third kappa shape index (κ3) is 10.8. The molecule has 0 saturated carbocycles. The Morgan fingerprint density at radius 3 is 1.42 bits per heavy atom. The molecule has 1 nitrogen and oxygen atoms in total. The van der Waals surface area contributed by atoms with Crippen LogP contribution in [0.3, 0.4) is 0 Å². The topological polar surface area (TPSA) is 3.24 Å². The predicted molar refractivity (Wildman–Crippen MR) is 241 cm³/mol. The maximum absolute atomic E-state index is 2.66. The molecule has 1 heterocycles. The Bertz CT molecular complexity index is 1790. The van der Waals surface area contributed by atoms with Crippen LogP contribution in [0.2, 0.25) is 13.3 Å². The molecule has 0 bridgehead atoms. The van der Waals surface area contributed by atoms with Gasteiger partial charge in [-0.15, -0.1) is 0 Å². The summed E-state index contributed by atoms with van der Waals surface area (Å²) in [6, 6.07) is 43.3. The van der Waals surface area contributed by atoms with Gasteiger partial charge in [-0.3, -0.25) is 0 Å². The van der Waals surface area contributed by atoms with E-state index in [-0.39, 0.29) is 0 Å². The van der Waals surface area contributed by atoms with Crippen LogP contribution in [0.1, 0.15) is 120 Å². The fraction of sp³-hybridized carbons (Fsp3) is 0.400. The minimum absolute atomic E-state index is 1.21. The van der Waals surface area contributed by atoms with E-state index in [4.69, 9.17) is 0 Å². The van der Waals surface area contributed by atoms with Gasteiger partial charge < -0.3 is 4.90 Å². The minimum atomic E-state index is -2.61. The van der Waals surface area contributed by atoms with Crippen LogP contribution in [0.5, 0.6) is 0 Å². The maximum atomic E-state index is 2.66. The van der Waals surface area contributed by atoms with Crippen molar-refractivity contribution in [1.82, 2.24) is 0 Å². The summed E-state index contributed by atoms with van der Waals surface area (Å²) >= 11 is -0.389. The quantitative estimate of drug-likeness (QED) is 0.0405. The van der Waals surface area contributed by atoms with Crippen molar-refractivity contribution >= 4 is 49.4 Å². The van der Waals surface area contributed by atoms with E-state index in [2.05, 4.69) is 173 Å². The van der Waals surface area contributed by atoms with Crippen LogP contribution in [-0.4, -0.2) is 32.5 Å². The Kier molecular flexibility index (Phi) is 16.4. The Labute approximate surface area is 331 Å². The molecular formula is C50H65NSSn. The van der Waals surface area contributed by atoms with E-state index in [1.54, 1.807) is 5.56 Å². The number of aryl methyl sites for hydroxylation is 1. The van der Waals surface area contributed by atoms with Gasteiger partial charge in [0.1, 0.15) is 0 Å². The first-order valence-electron chi connectivity index (χ1n) is 20.8. The number of hydrogen-bond donors (Lipinski definition) is 0. The van der Waals surface area contributed by atoms with E-state index in [0.717, 1.165) is 0 Å². The molecule has 0 fully saturated rings. The van der Waals surface area contributed by atoms with E-state index in [9.17, 15) is 0 Å². The van der Waals surface area contributed by atoms with Gasteiger partial charge >= 0.3 is 303 Å². The monoisotopic (exact) mass is 831 g/mol. The predicted octanol–water partition coefficient (Wildman–Crippen LogP) is 14.7. The molecule has 0 unspecified atom stereocenters. The molecular weight excluding hydrogens is 765 g/mol. The first-order valence-corrected chi connectivity index (χ1v) is 29.1. The van der Waals surface area contributed by atoms with Crippen molar-refractivity contribution in [2.75, 3.05) is 19.0 Å². The molecule has 5 rings (SSSR count). The van der Waals surface area contributed by atoms with Crippen molar-refractivity contribution in [3.05, 3.63) is 143 Å². The van der Waals surface area contributed by atoms with Crippen LogP contribution in [0, 0.1) is 0 Å². The van der Waals surface area contributed by atoms with E-state index in [0.29, 0.717) is 0 Å². The second-order valence-corrected chi connectivity index (χ2v) is 30.5. The molecule has 280 valence electrons. The summed E-state index contributed by atoms with van der Waals surface area (Å²) in [7, 11) is 4.22. The van der Waals surface area contributed by atoms with E-state index in [1.807, 2.05) is 2.89 Å². The number of rotatable bonds is 21. The SMILES string of the molecule is CCCCCCc1cc(-c2ccc(C(=C(c3ccccc3)c3ccc(N(C)C)cc3)c3ccccc3)cc2)s[c]1[Sn]([CH2]CCC)([CH2]CCC)[CH2]CCC. The van der Waals surface area contributed by atoms with Crippen LogP contribution in [0.15, 0.2) is 115 Å². The van der Waals surface area contributed by atoms with Gasteiger partial charge in [-0.2, -0.15) is 0 Å². The summed E-state index contributed by atoms with van der Waals surface area (Å²) in [4.78, 5) is 3.67. The van der Waals surface area contributed by atoms with E-state index >= 15 is 0 Å². The molecule has 1 aromatic heterocycles. The Morgan fingerprint density at radius 1 is 0.509 bits per heavy atom. The van der Waals surface area contributed by atoms with Crippen LogP contribution < -0.4 is 7.79 Å². The number of unbranched alkanes of at least 4 members (excludes halogenated alkanes) is 6. The molecule has 53 heavy (non-hydrogen) atoms. The molecule has 3 heteroatoms. The van der Waals surface area contributed by atoms with Gasteiger partial charge in [0, 0.05) is 19.8 Å². The average molecular weight is 831 g/mol. The number of hydrogen-bond acceptors (Lipinski definition) is 2. The van der Waals surface area contributed by atoms with Gasteiger partial charge in [0.2, 0.25) is 0 Å². The van der Waals surface area contributed by atoms with Crippen molar-refractivity contribution in [2.24, 2.45) is 0 Å². The summed E-state index contributed by atoms with van der Waals surface area (Å²) < 4.78 is 6.54. The molecule has 0 radical (unpaired) electrons. The van der Waals surface area contributed by atoms with Crippen molar-refractivity contribution in [2.45, 2.75) is 112 Å². The van der Waals surface area contributed by atoms with Gasteiger partial charge in [-0.1, -0.05) is 6.07 Å². The number of anilines is 1. The van der Waals surface area contributed by atoms with Crippen LogP contribution >= 0.6 is 11.3 Å². The molecule has 0 aliphatic carbocycles. The van der Waals surface area contributed by atoms with Gasteiger partial charge in [0.05, 0.1) is 0 Å². The molecule has 0 atom stereocenters. The first-order chi connectivity index (χ1) is 25.9. The normalized spacial score (nSPS) is 12.2. The molecule has 0 aliphatic heterocycles. The third-order valence-corrected chi connectivity index (χ3v) is 30.8. The molecule has 0 aliphatic rings. The zero-order valence-corrected chi connectivity index (χ0v) is 37.4. The summed E-state index contributed by atoms with van der Waals surface area (Å²) in [6.07, 6.45) is 14.8. The molecule has 0 spiro atoms. The number of benzene rings is 4. The van der Waals surface area contributed by atoms with E-state index in [1.165, 1.54) is 133 Å². The van der Waals surface area contributed by atoms with Crippen LogP contribution in [0.4, 0.5) is 5.69 Å². The Morgan fingerprint density at radius 2 is 0.962 bits per heavy atom. The van der Waals surface area contributed by atoms with Gasteiger partial charge in [0.15, 0.2) is 0 Å². The zero-order chi connectivity index (χ0) is 37.5. The van der Waals surface area contributed by atoms with Crippen LogP contribution in [-0.2, 0) is 6.42 Å². The molecule has 0 N–H and O–H groups in total. The standard InChI is InChI=1S/C38H38NS.3C4H9.Sn/c1-4-5-6-9-14-29-27-36(40-28-29)30-19-21-33(22-20-30)37(31-15-10-7-11-16-31)38(32-17-12-8-13-18-32)34-23-25-35(26-24-34)39(2)3;3*1-3-4-2;/h7-8,10-13,15-27H,4-6,9,14H2,1-3H3;3*1,3-4H2,2H3;. The Balaban J connectivity index is 1.64. The van der Waals surface area contributed by atoms with Crippen LogP contribution in [0.25, 0.3) is 21.6 Å². The van der Waals surface area contributed by atoms with Gasteiger partial charge in [0.25, 0.3) is 0 Å². The fourth-order valence-electron chi connectivity index (χ4n) is 8.06. The van der Waals surface area contributed by atoms with Crippen molar-refractivity contribution < 1.29 is 0 Å².